The molecule has 0 aromatic heterocycles. The molecule has 0 amide bonds. The van der Waals surface area contributed by atoms with Gasteiger partial charge in [-0.05, 0) is 13.8 Å². The predicted octanol–water partition coefficient (Wildman–Crippen LogP) is -0.254. The van der Waals surface area contributed by atoms with Crippen LogP contribution in [-0.4, -0.2) is 94.2 Å². The SMILES string of the molecule is CCOCC.[KH].[NaH]. The van der Waals surface area contributed by atoms with Gasteiger partial charge in [-0.15, -0.1) is 0 Å². The van der Waals surface area contributed by atoms with E-state index >= 15 is 0 Å². The maximum atomic E-state index is 4.83. The Balaban J connectivity index is -0.0000000800. The molecule has 0 atom stereocenters. The van der Waals surface area contributed by atoms with E-state index in [1.54, 1.807) is 0 Å². The van der Waals surface area contributed by atoms with Crippen molar-refractivity contribution in [3.63, 3.8) is 0 Å². The van der Waals surface area contributed by atoms with Gasteiger partial charge in [0, 0.05) is 13.2 Å². The molecule has 7 heavy (non-hydrogen) atoms. The summed E-state index contributed by atoms with van der Waals surface area (Å²) < 4.78 is 4.83. The Morgan fingerprint density at radius 1 is 1.14 bits per heavy atom. The van der Waals surface area contributed by atoms with Gasteiger partial charge in [0.25, 0.3) is 0 Å². The van der Waals surface area contributed by atoms with Crippen LogP contribution in [0.25, 0.3) is 0 Å². The Labute approximate surface area is 110 Å². The van der Waals surface area contributed by atoms with Crippen LogP contribution in [-0.2, 0) is 4.74 Å². The van der Waals surface area contributed by atoms with Crippen molar-refractivity contribution in [3.05, 3.63) is 0 Å². The van der Waals surface area contributed by atoms with Gasteiger partial charge in [0.2, 0.25) is 0 Å². The monoisotopic (exact) mass is 138 g/mol. The maximum absolute atomic E-state index is 4.83. The molecule has 0 radical (unpaired) electrons. The number of rotatable bonds is 2. The summed E-state index contributed by atoms with van der Waals surface area (Å²) >= 11 is 0. The van der Waals surface area contributed by atoms with Crippen molar-refractivity contribution in [1.82, 2.24) is 0 Å². The molecule has 0 heterocycles. The number of hydrogen-bond donors (Lipinski definition) is 0. The van der Waals surface area contributed by atoms with E-state index in [4.69, 9.17) is 4.74 Å². The predicted molar refractivity (Wildman–Crippen MR) is 36.5 cm³/mol. The van der Waals surface area contributed by atoms with Crippen molar-refractivity contribution in [2.75, 3.05) is 13.2 Å². The second-order valence-electron chi connectivity index (χ2n) is 0.781. The number of ether oxygens (including phenoxy) is 1. The van der Waals surface area contributed by atoms with E-state index in [1.165, 1.54) is 0 Å². The molecule has 0 spiro atoms. The first-order chi connectivity index (χ1) is 2.41. The van der Waals surface area contributed by atoms with Crippen LogP contribution in [0, 0.1) is 0 Å². The fraction of sp³-hybridized carbons (Fsp3) is 1.00. The van der Waals surface area contributed by atoms with Gasteiger partial charge in [-0.1, -0.05) is 0 Å². The third kappa shape index (κ3) is 17.7. The van der Waals surface area contributed by atoms with Crippen LogP contribution in [0.4, 0.5) is 0 Å². The Bertz CT molecular complexity index is 19.2. The third-order valence-corrected chi connectivity index (χ3v) is 0.408. The van der Waals surface area contributed by atoms with Gasteiger partial charge < -0.3 is 4.74 Å². The van der Waals surface area contributed by atoms with Gasteiger partial charge in [0.1, 0.15) is 0 Å². The fourth-order valence-corrected chi connectivity index (χ4v) is 0.204. The minimum absolute atomic E-state index is 0. The van der Waals surface area contributed by atoms with Crippen LogP contribution in [0.2, 0.25) is 0 Å². The van der Waals surface area contributed by atoms with Gasteiger partial charge in [0.05, 0.1) is 0 Å². The third-order valence-electron chi connectivity index (χ3n) is 0.408. The van der Waals surface area contributed by atoms with Crippen molar-refractivity contribution in [3.8, 4) is 0 Å². The summed E-state index contributed by atoms with van der Waals surface area (Å²) in [7, 11) is 0. The molecule has 0 N–H and O–H groups in total. The van der Waals surface area contributed by atoms with Gasteiger partial charge in [-0.3, -0.25) is 0 Å². The molecule has 0 aliphatic rings. The zero-order valence-electron chi connectivity index (χ0n) is 3.82. The summed E-state index contributed by atoms with van der Waals surface area (Å²) in [6.45, 7) is 5.67. The van der Waals surface area contributed by atoms with Crippen molar-refractivity contribution in [2.24, 2.45) is 0 Å². The van der Waals surface area contributed by atoms with E-state index in [0.29, 0.717) is 0 Å². The Kier molecular flexibility index (Phi) is 36.9. The van der Waals surface area contributed by atoms with Crippen LogP contribution < -0.4 is 0 Å². The van der Waals surface area contributed by atoms with Crippen molar-refractivity contribution < 1.29 is 4.74 Å². The average Bonchev–Trinajstić information content (AvgIpc) is 1.41. The molecule has 0 unspecified atom stereocenters. The first kappa shape index (κ1) is 16.3. The second kappa shape index (κ2) is 15.8. The first-order valence-corrected chi connectivity index (χ1v) is 1.99. The molecular formula is C4H12KNaO. The topological polar surface area (TPSA) is 9.23 Å². The molecule has 0 fully saturated rings. The van der Waals surface area contributed by atoms with Crippen LogP contribution in [0.3, 0.4) is 0 Å². The molecule has 0 saturated carbocycles. The van der Waals surface area contributed by atoms with Crippen molar-refractivity contribution >= 4 is 80.9 Å². The molecule has 3 heteroatoms. The molecule has 0 aliphatic heterocycles. The normalized spacial score (nSPS) is 6.00. The fourth-order valence-electron chi connectivity index (χ4n) is 0.204. The van der Waals surface area contributed by atoms with Crippen LogP contribution in [0.5, 0.6) is 0 Å². The second-order valence-corrected chi connectivity index (χ2v) is 0.781. The summed E-state index contributed by atoms with van der Waals surface area (Å²) in [6, 6.07) is 0. The van der Waals surface area contributed by atoms with Crippen LogP contribution in [0.1, 0.15) is 13.8 Å². The molecule has 1 nitrogen and oxygen atoms in total. The molecule has 0 aromatic rings. The average molecular weight is 138 g/mol. The summed E-state index contributed by atoms with van der Waals surface area (Å²) in [4.78, 5) is 0. The van der Waals surface area contributed by atoms with E-state index in [0.717, 1.165) is 13.2 Å². The van der Waals surface area contributed by atoms with E-state index in [1.807, 2.05) is 13.8 Å². The summed E-state index contributed by atoms with van der Waals surface area (Å²) in [6.07, 6.45) is 0. The molecule has 0 saturated heterocycles. The summed E-state index contributed by atoms with van der Waals surface area (Å²) in [5, 5.41) is 0. The molecule has 0 aromatic carbocycles. The van der Waals surface area contributed by atoms with E-state index < -0.39 is 0 Å². The molecule has 0 aliphatic carbocycles. The van der Waals surface area contributed by atoms with Gasteiger partial charge in [0.15, 0.2) is 0 Å². The zero-order valence-corrected chi connectivity index (χ0v) is 3.82. The molecule has 36 valence electrons. The molecular weight excluding hydrogens is 126 g/mol. The summed E-state index contributed by atoms with van der Waals surface area (Å²) in [5.41, 5.74) is 0. The van der Waals surface area contributed by atoms with Gasteiger partial charge in [-0.25, -0.2) is 0 Å². The van der Waals surface area contributed by atoms with Gasteiger partial charge >= 0.3 is 80.9 Å². The van der Waals surface area contributed by atoms with Crippen LogP contribution >= 0.6 is 0 Å². The van der Waals surface area contributed by atoms with E-state index in [-0.39, 0.29) is 80.9 Å². The minimum atomic E-state index is 0. The standard InChI is InChI=1S/C4H10O.K.Na.2H/c1-3-5-4-2;;;;/h3-4H2,1-2H3;;;;. The van der Waals surface area contributed by atoms with E-state index in [2.05, 4.69) is 0 Å². The van der Waals surface area contributed by atoms with Gasteiger partial charge in [-0.2, -0.15) is 0 Å². The zero-order chi connectivity index (χ0) is 4.12. The van der Waals surface area contributed by atoms with Crippen molar-refractivity contribution in [2.45, 2.75) is 13.8 Å². The van der Waals surface area contributed by atoms with Crippen molar-refractivity contribution in [1.29, 1.82) is 0 Å². The quantitative estimate of drug-likeness (QED) is 0.478. The Morgan fingerprint density at radius 2 is 1.43 bits per heavy atom. The number of hydrogen-bond acceptors (Lipinski definition) is 1. The Hall–Kier alpha value is 2.60. The van der Waals surface area contributed by atoms with E-state index in [9.17, 15) is 0 Å². The van der Waals surface area contributed by atoms with Crippen LogP contribution in [0.15, 0.2) is 0 Å². The summed E-state index contributed by atoms with van der Waals surface area (Å²) in [5.74, 6) is 0. The molecule has 0 rings (SSSR count). The first-order valence-electron chi connectivity index (χ1n) is 1.99. The molecule has 0 bridgehead atoms. The Morgan fingerprint density at radius 3 is 1.43 bits per heavy atom.